The first-order valence-electron chi connectivity index (χ1n) is 5.11. The monoisotopic (exact) mass is 241 g/mol. The molecule has 16 heavy (non-hydrogen) atoms. The third-order valence-electron chi connectivity index (χ3n) is 1.61. The summed E-state index contributed by atoms with van der Waals surface area (Å²) < 4.78 is 4.82. The first kappa shape index (κ1) is 12.8. The Balaban J connectivity index is 2.47. The van der Waals surface area contributed by atoms with Crippen molar-refractivity contribution in [3.05, 3.63) is 12.3 Å². The minimum Gasteiger partial charge on any atom is -0.465 e. The van der Waals surface area contributed by atoms with Crippen LogP contribution in [0, 0.1) is 0 Å². The van der Waals surface area contributed by atoms with E-state index in [9.17, 15) is 4.79 Å². The Labute approximate surface area is 99.0 Å². The van der Waals surface area contributed by atoms with E-state index in [1.165, 1.54) is 11.8 Å². The fourth-order valence-corrected chi connectivity index (χ4v) is 1.66. The van der Waals surface area contributed by atoms with Gasteiger partial charge in [-0.05, 0) is 19.9 Å². The molecule has 0 aliphatic rings. The molecule has 0 amide bonds. The van der Waals surface area contributed by atoms with Gasteiger partial charge >= 0.3 is 5.97 Å². The van der Waals surface area contributed by atoms with Crippen LogP contribution < -0.4 is 5.32 Å². The summed E-state index contributed by atoms with van der Waals surface area (Å²) in [4.78, 5) is 19.4. The molecule has 0 atom stereocenters. The molecule has 6 heteroatoms. The molecule has 0 unspecified atom stereocenters. The van der Waals surface area contributed by atoms with Crippen molar-refractivity contribution < 1.29 is 9.53 Å². The van der Waals surface area contributed by atoms with Crippen LogP contribution in [0.4, 0.5) is 5.95 Å². The highest BCUT2D eigenvalue weighted by atomic mass is 32.2. The summed E-state index contributed by atoms with van der Waals surface area (Å²) in [5, 5.41) is 3.77. The minimum atomic E-state index is -0.226. The fraction of sp³-hybridized carbons (Fsp3) is 0.500. The van der Waals surface area contributed by atoms with E-state index in [1.807, 2.05) is 6.92 Å². The molecule has 1 aromatic rings. The highest BCUT2D eigenvalue weighted by Gasteiger charge is 2.04. The van der Waals surface area contributed by atoms with E-state index >= 15 is 0 Å². The summed E-state index contributed by atoms with van der Waals surface area (Å²) in [6, 6.07) is 1.77. The van der Waals surface area contributed by atoms with Crippen molar-refractivity contribution in [2.45, 2.75) is 18.9 Å². The lowest BCUT2D eigenvalue weighted by molar-refractivity contribution is -0.139. The van der Waals surface area contributed by atoms with Gasteiger partial charge in [0.1, 0.15) is 5.03 Å². The van der Waals surface area contributed by atoms with Gasteiger partial charge in [-0.1, -0.05) is 11.8 Å². The highest BCUT2D eigenvalue weighted by molar-refractivity contribution is 7.99. The molecule has 0 aliphatic carbocycles. The van der Waals surface area contributed by atoms with Gasteiger partial charge < -0.3 is 10.1 Å². The van der Waals surface area contributed by atoms with E-state index in [1.54, 1.807) is 19.2 Å². The van der Waals surface area contributed by atoms with E-state index in [-0.39, 0.29) is 11.7 Å². The second-order valence-electron chi connectivity index (χ2n) is 2.84. The second-order valence-corrected chi connectivity index (χ2v) is 3.84. The van der Waals surface area contributed by atoms with Crippen LogP contribution in [-0.2, 0) is 9.53 Å². The van der Waals surface area contributed by atoms with E-state index < -0.39 is 0 Å². The number of anilines is 1. The number of nitrogens with zero attached hydrogens (tertiary/aromatic N) is 2. The molecule has 0 aliphatic heterocycles. The fourth-order valence-electron chi connectivity index (χ4n) is 1.00. The largest absolute Gasteiger partial charge is 0.465 e. The third-order valence-corrected chi connectivity index (χ3v) is 2.51. The number of carbonyl (C=O) groups excluding carboxylic acids is 1. The number of ether oxygens (including phenoxy) is 1. The van der Waals surface area contributed by atoms with E-state index in [2.05, 4.69) is 15.3 Å². The molecule has 0 saturated carbocycles. The topological polar surface area (TPSA) is 64.1 Å². The summed E-state index contributed by atoms with van der Waals surface area (Å²) in [7, 11) is 0. The zero-order chi connectivity index (χ0) is 11.8. The average Bonchev–Trinajstić information content (AvgIpc) is 2.28. The predicted molar refractivity (Wildman–Crippen MR) is 63.6 cm³/mol. The van der Waals surface area contributed by atoms with Crippen LogP contribution in [0.3, 0.4) is 0 Å². The first-order chi connectivity index (χ1) is 7.76. The lowest BCUT2D eigenvalue weighted by Gasteiger charge is -2.04. The molecule has 1 aromatic heterocycles. The summed E-state index contributed by atoms with van der Waals surface area (Å²) in [6.45, 7) is 4.94. The molecule has 1 heterocycles. The molecule has 0 fully saturated rings. The maximum Gasteiger partial charge on any atom is 0.316 e. The van der Waals surface area contributed by atoms with Gasteiger partial charge in [-0.2, -0.15) is 0 Å². The lowest BCUT2D eigenvalue weighted by atomic mass is 10.6. The Morgan fingerprint density at radius 3 is 3.06 bits per heavy atom. The van der Waals surface area contributed by atoms with Crippen molar-refractivity contribution in [1.29, 1.82) is 0 Å². The average molecular weight is 241 g/mol. The van der Waals surface area contributed by atoms with Crippen LogP contribution in [0.1, 0.15) is 13.8 Å². The lowest BCUT2D eigenvalue weighted by Crippen LogP contribution is -2.07. The van der Waals surface area contributed by atoms with Crippen LogP contribution >= 0.6 is 11.8 Å². The number of esters is 1. The number of rotatable bonds is 6. The second kappa shape index (κ2) is 7.05. The van der Waals surface area contributed by atoms with Gasteiger partial charge in [0.2, 0.25) is 5.95 Å². The SMILES string of the molecule is CCNc1nccc(SCC(=O)OCC)n1. The van der Waals surface area contributed by atoms with Crippen molar-refractivity contribution >= 4 is 23.7 Å². The van der Waals surface area contributed by atoms with Gasteiger partial charge in [-0.15, -0.1) is 0 Å². The zero-order valence-corrected chi connectivity index (χ0v) is 10.2. The normalized spacial score (nSPS) is 9.88. The molecule has 0 saturated heterocycles. The Morgan fingerprint density at radius 1 is 1.56 bits per heavy atom. The summed E-state index contributed by atoms with van der Waals surface area (Å²) in [5.41, 5.74) is 0. The van der Waals surface area contributed by atoms with Gasteiger partial charge in [0.15, 0.2) is 0 Å². The standard InChI is InChI=1S/C10H15N3O2S/c1-3-11-10-12-6-5-8(13-10)16-7-9(14)15-4-2/h5-6H,3-4,7H2,1-2H3,(H,11,12,13). The van der Waals surface area contributed by atoms with Crippen LogP contribution in [0.5, 0.6) is 0 Å². The van der Waals surface area contributed by atoms with Crippen molar-refractivity contribution in [1.82, 2.24) is 9.97 Å². The zero-order valence-electron chi connectivity index (χ0n) is 9.40. The highest BCUT2D eigenvalue weighted by Crippen LogP contribution is 2.15. The third kappa shape index (κ3) is 4.48. The van der Waals surface area contributed by atoms with Gasteiger partial charge in [-0.25, -0.2) is 9.97 Å². The summed E-state index contributed by atoms with van der Waals surface area (Å²) >= 11 is 1.34. The van der Waals surface area contributed by atoms with Crippen molar-refractivity contribution in [2.24, 2.45) is 0 Å². The molecule has 5 nitrogen and oxygen atoms in total. The molecular formula is C10H15N3O2S. The van der Waals surface area contributed by atoms with Crippen LogP contribution in [0.2, 0.25) is 0 Å². The van der Waals surface area contributed by atoms with Crippen LogP contribution in [-0.4, -0.2) is 34.8 Å². The van der Waals surface area contributed by atoms with Gasteiger partial charge in [0, 0.05) is 12.7 Å². The number of carbonyl (C=O) groups is 1. The minimum absolute atomic E-state index is 0.226. The number of thioether (sulfide) groups is 1. The Hall–Kier alpha value is -1.30. The van der Waals surface area contributed by atoms with Gasteiger partial charge in [0.25, 0.3) is 0 Å². The maximum atomic E-state index is 11.1. The number of nitrogens with one attached hydrogen (secondary N) is 1. The van der Waals surface area contributed by atoms with Crippen molar-refractivity contribution in [3.63, 3.8) is 0 Å². The van der Waals surface area contributed by atoms with E-state index in [4.69, 9.17) is 4.74 Å². The molecule has 0 radical (unpaired) electrons. The molecule has 1 N–H and O–H groups in total. The molecule has 0 aromatic carbocycles. The molecular weight excluding hydrogens is 226 g/mol. The molecule has 0 bridgehead atoms. The van der Waals surface area contributed by atoms with Crippen LogP contribution in [0.15, 0.2) is 17.3 Å². The number of aromatic nitrogens is 2. The van der Waals surface area contributed by atoms with Crippen molar-refractivity contribution in [2.75, 3.05) is 24.2 Å². The van der Waals surface area contributed by atoms with Gasteiger partial charge in [0.05, 0.1) is 12.4 Å². The Bertz CT molecular complexity index is 347. The molecule has 88 valence electrons. The Morgan fingerprint density at radius 2 is 2.38 bits per heavy atom. The first-order valence-corrected chi connectivity index (χ1v) is 6.10. The predicted octanol–water partition coefficient (Wildman–Crippen LogP) is 1.56. The summed E-state index contributed by atoms with van der Waals surface area (Å²) in [6.07, 6.45) is 1.67. The quantitative estimate of drug-likeness (QED) is 0.463. The van der Waals surface area contributed by atoms with Gasteiger partial charge in [-0.3, -0.25) is 4.79 Å². The molecule has 0 spiro atoms. The number of hydrogen-bond donors (Lipinski definition) is 1. The van der Waals surface area contributed by atoms with Crippen LogP contribution in [0.25, 0.3) is 0 Å². The van der Waals surface area contributed by atoms with E-state index in [0.29, 0.717) is 12.6 Å². The Kier molecular flexibility index (Phi) is 5.63. The molecule has 1 rings (SSSR count). The maximum absolute atomic E-state index is 11.1. The summed E-state index contributed by atoms with van der Waals surface area (Å²) in [5.74, 6) is 0.628. The number of hydrogen-bond acceptors (Lipinski definition) is 6. The van der Waals surface area contributed by atoms with E-state index in [0.717, 1.165) is 11.6 Å². The smallest absolute Gasteiger partial charge is 0.316 e. The van der Waals surface area contributed by atoms with Crippen molar-refractivity contribution in [3.8, 4) is 0 Å².